The first-order chi connectivity index (χ1) is 49.5. The minimum Gasteiger partial charge on any atom is -0.310 e. The summed E-state index contributed by atoms with van der Waals surface area (Å²) in [5, 5.41) is 7.41. The number of rotatable bonds is 8. The molecule has 3 aromatic heterocycles. The maximum atomic E-state index is 2.73. The molecule has 17 aromatic rings. The van der Waals surface area contributed by atoms with Gasteiger partial charge in [-0.05, 0) is 174 Å². The van der Waals surface area contributed by atoms with E-state index in [2.05, 4.69) is 385 Å². The molecule has 0 fully saturated rings. The third kappa shape index (κ3) is 9.78. The molecule has 0 atom stereocenters. The zero-order valence-electron chi connectivity index (χ0n) is 59.1. The second-order valence-corrected chi connectivity index (χ2v) is 32.3. The number of nitrogens with zero attached hydrogens (tertiary/aromatic N) is 4. The number of para-hydroxylation sites is 3. The van der Waals surface area contributed by atoms with Gasteiger partial charge >= 0.3 is 0 Å². The predicted octanol–water partition coefficient (Wildman–Crippen LogP) is 24.9. The first-order valence-electron chi connectivity index (χ1n) is 36.0. The van der Waals surface area contributed by atoms with Gasteiger partial charge in [-0.25, -0.2) is 0 Å². The number of hydrogen-bond acceptors (Lipinski definition) is 3. The van der Waals surface area contributed by atoms with Crippen LogP contribution >= 0.6 is 11.3 Å². The number of anilines is 6. The Hall–Kier alpha value is -11.4. The lowest BCUT2D eigenvalue weighted by Crippen LogP contribution is -2.61. The zero-order valence-corrected chi connectivity index (χ0v) is 60.0. The van der Waals surface area contributed by atoms with Gasteiger partial charge in [0.05, 0.1) is 38.1 Å². The van der Waals surface area contributed by atoms with Crippen molar-refractivity contribution in [3.8, 4) is 55.9 Å². The second kappa shape index (κ2) is 23.1. The summed E-state index contributed by atoms with van der Waals surface area (Å²) >= 11 is 1.91. The van der Waals surface area contributed by atoms with E-state index in [0.717, 1.165) is 61.6 Å². The minimum atomic E-state index is -0.289. The molecule has 0 aliphatic carbocycles. The van der Waals surface area contributed by atoms with Gasteiger partial charge in [-0.1, -0.05) is 275 Å². The topological polar surface area (TPSA) is 16.3 Å². The Morgan fingerprint density at radius 1 is 0.275 bits per heavy atom. The van der Waals surface area contributed by atoms with E-state index >= 15 is 0 Å². The van der Waals surface area contributed by atoms with Crippen LogP contribution in [0.2, 0.25) is 0 Å². The highest BCUT2D eigenvalue weighted by atomic mass is 32.1. The maximum absolute atomic E-state index is 2.73. The molecule has 0 unspecified atom stereocenters. The molecule has 5 heterocycles. The fraction of sp³-hybridized carbons (Fsp3) is 0.125. The highest BCUT2D eigenvalue weighted by Gasteiger charge is 2.46. The molecular weight excluding hydrogens is 1250 g/mol. The van der Waals surface area contributed by atoms with Crippen molar-refractivity contribution < 1.29 is 0 Å². The largest absolute Gasteiger partial charge is 0.310 e. The van der Waals surface area contributed by atoms with Gasteiger partial charge in [0.1, 0.15) is 0 Å². The average Bonchev–Trinajstić information content (AvgIpc) is 0.710. The quantitative estimate of drug-likeness (QED) is 0.141. The lowest BCUT2D eigenvalue weighted by molar-refractivity contribution is 0.569. The summed E-state index contributed by atoms with van der Waals surface area (Å²) in [7, 11) is 0. The summed E-state index contributed by atoms with van der Waals surface area (Å²) in [4.78, 5) is 5.42. The molecule has 0 amide bonds. The standard InChI is InChI=1S/C96H77BN4S/c1-94(2,3)66-49-64(50-67(54-66)95(4,5)6)63-45-47-79-86(53-63)100(83-43-28-40-74-73-39-24-27-44-90(73)102-93(74)83)88-55-68(96(7,8)9)56-89-91(88)97(79)80-48-46-70(99-82-42-26-23-38-72(82)78-58-84-77(59-85(78)99)71-37-22-25-41-81(71)98(84)69-35-20-13-21-36-69)57-87(80)101(89)92-75(61-31-16-11-17-32-61)51-65(60-29-14-10-15-30-60)52-76(92)62-33-18-12-19-34-62/h10-59H,1-9H3. The van der Waals surface area contributed by atoms with Crippen molar-refractivity contribution in [2.24, 2.45) is 0 Å². The summed E-state index contributed by atoms with van der Waals surface area (Å²) < 4.78 is 7.56. The van der Waals surface area contributed by atoms with Gasteiger partial charge < -0.3 is 18.9 Å². The highest BCUT2D eigenvalue weighted by Crippen LogP contribution is 2.55. The smallest absolute Gasteiger partial charge is 0.252 e. The van der Waals surface area contributed by atoms with Crippen LogP contribution in [-0.2, 0) is 16.2 Å². The number of thiophene rings is 1. The molecule has 0 N–H and O–H groups in total. The molecule has 0 bridgehead atoms. The summed E-state index contributed by atoms with van der Waals surface area (Å²) in [6.07, 6.45) is 0. The fourth-order valence-corrected chi connectivity index (χ4v) is 17.9. The lowest BCUT2D eigenvalue weighted by Gasteiger charge is -2.46. The monoisotopic (exact) mass is 1330 g/mol. The van der Waals surface area contributed by atoms with Crippen LogP contribution in [0.4, 0.5) is 34.1 Å². The molecule has 0 spiro atoms. The first kappa shape index (κ1) is 61.6. The third-order valence-electron chi connectivity index (χ3n) is 21.9. The highest BCUT2D eigenvalue weighted by molar-refractivity contribution is 7.26. The number of aromatic nitrogens is 2. The van der Waals surface area contributed by atoms with Crippen LogP contribution in [0.5, 0.6) is 0 Å². The van der Waals surface area contributed by atoms with Crippen LogP contribution in [0.15, 0.2) is 303 Å². The van der Waals surface area contributed by atoms with Crippen molar-refractivity contribution in [1.82, 2.24) is 9.13 Å². The van der Waals surface area contributed by atoms with E-state index in [9.17, 15) is 0 Å². The molecule has 6 heteroatoms. The van der Waals surface area contributed by atoms with Gasteiger partial charge in [0.25, 0.3) is 6.71 Å². The van der Waals surface area contributed by atoms with E-state index < -0.39 is 0 Å². The van der Waals surface area contributed by atoms with Crippen LogP contribution in [0.1, 0.15) is 79.0 Å². The molecule has 0 radical (unpaired) electrons. The molecule has 14 aromatic carbocycles. The molecule has 4 nitrogen and oxygen atoms in total. The first-order valence-corrected chi connectivity index (χ1v) is 36.8. The molecule has 2 aliphatic rings. The van der Waals surface area contributed by atoms with Gasteiger partial charge in [-0.3, -0.25) is 0 Å². The van der Waals surface area contributed by atoms with Crippen molar-refractivity contribution in [2.45, 2.75) is 78.6 Å². The maximum Gasteiger partial charge on any atom is 0.252 e. The second-order valence-electron chi connectivity index (χ2n) is 31.3. The van der Waals surface area contributed by atoms with Gasteiger partial charge in [-0.15, -0.1) is 11.3 Å². The van der Waals surface area contributed by atoms with Crippen molar-refractivity contribution in [2.75, 3.05) is 9.80 Å². The molecule has 0 saturated heterocycles. The van der Waals surface area contributed by atoms with E-state index in [1.54, 1.807) is 0 Å². The van der Waals surface area contributed by atoms with E-state index in [1.165, 1.54) is 125 Å². The van der Waals surface area contributed by atoms with E-state index in [-0.39, 0.29) is 23.0 Å². The summed E-state index contributed by atoms with van der Waals surface area (Å²) in [5.41, 5.74) is 30.6. The Morgan fingerprint density at radius 3 is 1.31 bits per heavy atom. The molecular formula is C96H77BN4S. The molecule has 2 aliphatic heterocycles. The molecule has 19 rings (SSSR count). The molecule has 102 heavy (non-hydrogen) atoms. The van der Waals surface area contributed by atoms with Crippen LogP contribution in [0.3, 0.4) is 0 Å². The number of hydrogen-bond donors (Lipinski definition) is 0. The van der Waals surface area contributed by atoms with E-state index in [0.29, 0.717) is 0 Å². The Kier molecular flexibility index (Phi) is 13.9. The van der Waals surface area contributed by atoms with Crippen molar-refractivity contribution in [3.63, 3.8) is 0 Å². The van der Waals surface area contributed by atoms with Crippen LogP contribution in [0, 0.1) is 0 Å². The average molecular weight is 1330 g/mol. The Labute approximate surface area is 601 Å². The fourth-order valence-electron chi connectivity index (χ4n) is 16.7. The summed E-state index contributed by atoms with van der Waals surface area (Å²) in [6.45, 7) is 21.1. The molecule has 0 saturated carbocycles. The van der Waals surface area contributed by atoms with Gasteiger partial charge in [0.2, 0.25) is 0 Å². The van der Waals surface area contributed by atoms with Crippen LogP contribution in [-0.4, -0.2) is 15.8 Å². The number of benzene rings is 14. The van der Waals surface area contributed by atoms with Gasteiger partial charge in [0.15, 0.2) is 0 Å². The number of fused-ring (bicyclic) bond motifs is 13. The lowest BCUT2D eigenvalue weighted by atomic mass is 9.33. The van der Waals surface area contributed by atoms with Crippen LogP contribution in [0.25, 0.3) is 120 Å². The van der Waals surface area contributed by atoms with Gasteiger partial charge in [0, 0.05) is 82.3 Å². The van der Waals surface area contributed by atoms with Crippen LogP contribution < -0.4 is 26.2 Å². The summed E-state index contributed by atoms with van der Waals surface area (Å²) in [6, 6.07) is 116. The molecule has 490 valence electrons. The minimum absolute atomic E-state index is 0.0703. The Bertz CT molecular complexity index is 6160. The van der Waals surface area contributed by atoms with Crippen molar-refractivity contribution in [3.05, 3.63) is 320 Å². The third-order valence-corrected chi connectivity index (χ3v) is 23.1. The van der Waals surface area contributed by atoms with Crippen molar-refractivity contribution in [1.29, 1.82) is 0 Å². The van der Waals surface area contributed by atoms with Gasteiger partial charge in [-0.2, -0.15) is 0 Å². The summed E-state index contributed by atoms with van der Waals surface area (Å²) in [5.74, 6) is 0. The Morgan fingerprint density at radius 2 is 0.735 bits per heavy atom. The van der Waals surface area contributed by atoms with E-state index in [4.69, 9.17) is 0 Å². The normalized spacial score (nSPS) is 13.1. The Balaban J connectivity index is 0.961. The predicted molar refractivity (Wildman–Crippen MR) is 440 cm³/mol. The SMILES string of the molecule is CC(C)(C)c1cc(-c2ccc3c(c2)N(c2cccc4c2sc2ccccc24)c2cc(C(C)(C)C)cc4c2B3c2ccc(-n3c5ccccc5c5cc6c(cc53)c3ccccc3n6-c3ccccc3)cc2N4c2c(-c3ccccc3)cc(-c3ccccc3)cc2-c2ccccc2)cc(C(C)(C)C)c1. The van der Waals surface area contributed by atoms with Crippen molar-refractivity contribution >= 4 is 132 Å². The zero-order chi connectivity index (χ0) is 69.1. The van der Waals surface area contributed by atoms with E-state index in [1.807, 2.05) is 11.3 Å².